The Hall–Kier alpha value is -3.74. The highest BCUT2D eigenvalue weighted by atomic mass is 16.4. The van der Waals surface area contributed by atoms with Crippen molar-refractivity contribution in [2.75, 3.05) is 11.9 Å². The molecule has 35 heavy (non-hydrogen) atoms. The molecule has 2 atom stereocenters. The molecule has 7 nitrogen and oxygen atoms in total. The zero-order chi connectivity index (χ0) is 26.4. The number of para-hydroxylation sites is 1. The van der Waals surface area contributed by atoms with Crippen molar-refractivity contribution in [3.8, 4) is 0 Å². The van der Waals surface area contributed by atoms with Gasteiger partial charge in [-0.05, 0) is 31.2 Å². The van der Waals surface area contributed by atoms with Gasteiger partial charge in [0.25, 0.3) is 5.91 Å². The number of likely N-dealkylation sites (N-methyl/N-ethyl adjacent to an activating group) is 1. The summed E-state index contributed by atoms with van der Waals surface area (Å²) in [6.45, 7) is 11.4. The molecule has 188 valence electrons. The topological polar surface area (TPSA) is 99.1 Å². The maximum absolute atomic E-state index is 12.5. The first-order valence-corrected chi connectivity index (χ1v) is 11.6. The zero-order valence-electron chi connectivity index (χ0n) is 21.3. The summed E-state index contributed by atoms with van der Waals surface area (Å²) in [5, 5.41) is 10.9. The van der Waals surface area contributed by atoms with Crippen molar-refractivity contribution in [3.05, 3.63) is 78.4 Å². The van der Waals surface area contributed by atoms with Gasteiger partial charge in [0.2, 0.25) is 12.6 Å². The first-order chi connectivity index (χ1) is 16.7. The summed E-state index contributed by atoms with van der Waals surface area (Å²) in [4.78, 5) is 39.5. The number of hydrogen-bond acceptors (Lipinski definition) is 4. The second kappa shape index (κ2) is 15.2. The Labute approximate surface area is 208 Å². The van der Waals surface area contributed by atoms with Gasteiger partial charge >= 0.3 is 5.97 Å². The number of nitrogens with zero attached hydrogens (tertiary/aromatic N) is 2. The monoisotopic (exact) mass is 479 g/mol. The fourth-order valence-corrected chi connectivity index (χ4v) is 3.71. The second-order valence-corrected chi connectivity index (χ2v) is 8.69. The molecule has 3 rings (SSSR count). The van der Waals surface area contributed by atoms with E-state index >= 15 is 0 Å². The van der Waals surface area contributed by atoms with Crippen molar-refractivity contribution in [1.29, 1.82) is 0 Å². The largest absolute Gasteiger partial charge is 0.481 e. The predicted octanol–water partition coefficient (Wildman–Crippen LogP) is 4.91. The first-order valence-electron chi connectivity index (χ1n) is 11.6. The van der Waals surface area contributed by atoms with Crippen LogP contribution in [0.2, 0.25) is 0 Å². The third-order valence-corrected chi connectivity index (χ3v) is 5.01. The molecule has 0 bridgehead atoms. The van der Waals surface area contributed by atoms with Crippen LogP contribution in [-0.2, 0) is 14.4 Å². The number of aliphatic carboxylic acids is 1. The van der Waals surface area contributed by atoms with Crippen LogP contribution in [0.4, 0.5) is 5.69 Å². The molecular formula is C28H37N3O4. The standard InChI is InChI=1S/C17H15N3O2.C8H16O2.C3H6/c1-20-14-10-6-5-9-13(14)15(12-7-3-2-4-8-12)19-16(17(20)22)18-11-21;1-6(2)4-7(3)5-8(9)10;1-3-2/h2-11,16H,1H3,(H,18,21);6-7H,4-5H2,1-3H3,(H,9,10);3H,1H2,2H3. The number of amides is 2. The highest BCUT2D eigenvalue weighted by Gasteiger charge is 2.29. The molecule has 0 aromatic heterocycles. The normalized spacial score (nSPS) is 15.1. The lowest BCUT2D eigenvalue weighted by atomic mass is 9.96. The molecule has 1 aliphatic rings. The van der Waals surface area contributed by atoms with Crippen LogP contribution in [0.15, 0.2) is 72.2 Å². The van der Waals surface area contributed by atoms with Gasteiger partial charge in [-0.25, -0.2) is 4.99 Å². The number of fused-ring (bicyclic) bond motifs is 1. The number of rotatable bonds is 7. The molecular weight excluding hydrogens is 442 g/mol. The Bertz CT molecular complexity index is 1000. The van der Waals surface area contributed by atoms with E-state index in [2.05, 4.69) is 30.7 Å². The van der Waals surface area contributed by atoms with Crippen LogP contribution in [-0.4, -0.2) is 42.3 Å². The number of benzene rings is 2. The number of anilines is 1. The van der Waals surface area contributed by atoms with Gasteiger partial charge in [0.15, 0.2) is 0 Å². The number of hydrogen-bond donors (Lipinski definition) is 2. The molecule has 0 radical (unpaired) electrons. The minimum atomic E-state index is -0.926. The van der Waals surface area contributed by atoms with E-state index in [0.717, 1.165) is 23.2 Å². The van der Waals surface area contributed by atoms with Gasteiger partial charge in [0.05, 0.1) is 11.4 Å². The molecule has 0 saturated carbocycles. The third kappa shape index (κ3) is 9.57. The van der Waals surface area contributed by atoms with E-state index in [1.54, 1.807) is 13.1 Å². The minimum Gasteiger partial charge on any atom is -0.481 e. The Kier molecular flexibility index (Phi) is 12.7. The summed E-state index contributed by atoms with van der Waals surface area (Å²) >= 11 is 0. The van der Waals surface area contributed by atoms with Crippen LogP contribution in [0, 0.1) is 11.8 Å². The lowest BCUT2D eigenvalue weighted by Gasteiger charge is -2.19. The van der Waals surface area contributed by atoms with Gasteiger partial charge in [0, 0.05) is 24.6 Å². The smallest absolute Gasteiger partial charge is 0.303 e. The molecule has 1 aliphatic heterocycles. The molecule has 1 heterocycles. The van der Waals surface area contributed by atoms with Gasteiger partial charge in [-0.2, -0.15) is 0 Å². The van der Waals surface area contributed by atoms with E-state index in [9.17, 15) is 14.4 Å². The van der Waals surface area contributed by atoms with Gasteiger partial charge < -0.3 is 15.3 Å². The summed E-state index contributed by atoms with van der Waals surface area (Å²) in [5.74, 6) is -0.0366. The number of carbonyl (C=O) groups excluding carboxylic acids is 2. The van der Waals surface area contributed by atoms with Crippen LogP contribution in [0.5, 0.6) is 0 Å². The zero-order valence-corrected chi connectivity index (χ0v) is 21.3. The van der Waals surface area contributed by atoms with E-state index in [1.807, 2.05) is 68.4 Å². The second-order valence-electron chi connectivity index (χ2n) is 8.69. The fourth-order valence-electron chi connectivity index (χ4n) is 3.71. The number of benzodiazepines with no additional fused rings is 1. The molecule has 2 amide bonds. The summed E-state index contributed by atoms with van der Waals surface area (Å²) < 4.78 is 0. The van der Waals surface area contributed by atoms with Crippen molar-refractivity contribution in [2.45, 2.75) is 46.7 Å². The highest BCUT2D eigenvalue weighted by molar-refractivity contribution is 6.20. The van der Waals surface area contributed by atoms with Crippen LogP contribution in [0.25, 0.3) is 0 Å². The summed E-state index contributed by atoms with van der Waals surface area (Å²) in [5.41, 5.74) is 3.22. The Balaban J connectivity index is 0.000000397. The quantitative estimate of drug-likeness (QED) is 0.435. The van der Waals surface area contributed by atoms with Crippen LogP contribution >= 0.6 is 0 Å². The van der Waals surface area contributed by atoms with E-state index in [1.165, 1.54) is 4.90 Å². The molecule has 2 aromatic carbocycles. The fraction of sp³-hybridized carbons (Fsp3) is 0.357. The highest BCUT2D eigenvalue weighted by Crippen LogP contribution is 2.26. The van der Waals surface area contributed by atoms with E-state index in [4.69, 9.17) is 5.11 Å². The Morgan fingerprint density at radius 3 is 2.26 bits per heavy atom. The lowest BCUT2D eigenvalue weighted by molar-refractivity contribution is -0.138. The predicted molar refractivity (Wildman–Crippen MR) is 142 cm³/mol. The van der Waals surface area contributed by atoms with E-state index < -0.39 is 12.1 Å². The lowest BCUT2D eigenvalue weighted by Crippen LogP contribution is -2.43. The van der Waals surface area contributed by atoms with Crippen molar-refractivity contribution < 1.29 is 19.5 Å². The maximum atomic E-state index is 12.5. The van der Waals surface area contributed by atoms with Crippen LogP contribution in [0.3, 0.4) is 0 Å². The van der Waals surface area contributed by atoms with Gasteiger partial charge in [-0.3, -0.25) is 14.4 Å². The molecule has 2 unspecified atom stereocenters. The number of carbonyl (C=O) groups is 3. The SMILES string of the molecule is C=CC.CC(C)CC(C)CC(=O)O.CN1C(=O)C(NC=O)N=C(c2ccccc2)c2ccccc21. The summed E-state index contributed by atoms with van der Waals surface area (Å²) in [6, 6.07) is 17.2. The minimum absolute atomic E-state index is 0.273. The Morgan fingerprint density at radius 1 is 1.14 bits per heavy atom. The molecule has 0 aliphatic carbocycles. The molecule has 0 saturated heterocycles. The number of aliphatic imine (C=N–C) groups is 1. The van der Waals surface area contributed by atoms with Crippen molar-refractivity contribution in [2.24, 2.45) is 16.8 Å². The molecule has 0 fully saturated rings. The van der Waals surface area contributed by atoms with Crippen molar-refractivity contribution in [3.63, 3.8) is 0 Å². The van der Waals surface area contributed by atoms with Gasteiger partial charge in [-0.1, -0.05) is 75.4 Å². The van der Waals surface area contributed by atoms with Crippen molar-refractivity contribution >= 4 is 29.7 Å². The van der Waals surface area contributed by atoms with Crippen LogP contribution in [0.1, 0.15) is 51.7 Å². The molecule has 2 aromatic rings. The van der Waals surface area contributed by atoms with Gasteiger partial charge in [-0.15, -0.1) is 6.58 Å². The maximum Gasteiger partial charge on any atom is 0.303 e. The third-order valence-electron chi connectivity index (χ3n) is 5.01. The average molecular weight is 480 g/mol. The summed E-state index contributed by atoms with van der Waals surface area (Å²) in [7, 11) is 1.68. The number of carboxylic acid groups (broad SMARTS) is 1. The van der Waals surface area contributed by atoms with Crippen LogP contribution < -0.4 is 10.2 Å². The van der Waals surface area contributed by atoms with Crippen molar-refractivity contribution in [1.82, 2.24) is 5.32 Å². The average Bonchev–Trinajstić information content (AvgIpc) is 2.91. The number of carboxylic acids is 1. The molecule has 2 N–H and O–H groups in total. The number of allylic oxidation sites excluding steroid dienone is 1. The molecule has 0 spiro atoms. The van der Waals surface area contributed by atoms with Gasteiger partial charge in [0.1, 0.15) is 0 Å². The van der Waals surface area contributed by atoms with E-state index in [-0.39, 0.29) is 5.91 Å². The first kappa shape index (κ1) is 29.3. The molecule has 7 heteroatoms. The summed E-state index contributed by atoms with van der Waals surface area (Å²) in [6.07, 6.45) is 2.63. The van der Waals surface area contributed by atoms with E-state index in [0.29, 0.717) is 30.4 Å². The Morgan fingerprint density at radius 2 is 1.71 bits per heavy atom. The number of nitrogens with one attached hydrogen (secondary N) is 1.